The summed E-state index contributed by atoms with van der Waals surface area (Å²) >= 11 is 1.71. The van der Waals surface area contributed by atoms with Crippen LogP contribution in [0.15, 0.2) is 91.0 Å². The molecule has 0 bridgehead atoms. The van der Waals surface area contributed by atoms with E-state index >= 15 is 0 Å². The molecule has 0 saturated heterocycles. The minimum atomic E-state index is 0.941. The lowest BCUT2D eigenvalue weighted by Crippen LogP contribution is -1.93. The van der Waals surface area contributed by atoms with Crippen LogP contribution in [0.3, 0.4) is 0 Å². The van der Waals surface area contributed by atoms with Crippen molar-refractivity contribution in [3.63, 3.8) is 0 Å². The quantitative estimate of drug-likeness (QED) is 0.294. The summed E-state index contributed by atoms with van der Waals surface area (Å²) in [5.41, 5.74) is 6.48. The summed E-state index contributed by atoms with van der Waals surface area (Å²) in [6.07, 6.45) is 0. The number of fused-ring (bicyclic) bond motifs is 7. The van der Waals surface area contributed by atoms with Crippen molar-refractivity contribution in [3.8, 4) is 5.69 Å². The molecular weight excluding hydrogens is 386 g/mol. The number of nitrogens with zero attached hydrogens (tertiary/aromatic N) is 3. The molecule has 0 aliphatic heterocycles. The zero-order valence-electron chi connectivity index (χ0n) is 15.9. The maximum absolute atomic E-state index is 4.90. The van der Waals surface area contributed by atoms with E-state index in [1.807, 2.05) is 24.3 Å². The smallest absolute Gasteiger partial charge is 0.143 e. The first-order chi connectivity index (χ1) is 14.9. The highest BCUT2D eigenvalue weighted by molar-refractivity contribution is 7.25. The molecule has 7 aromatic rings. The molecule has 4 aromatic carbocycles. The highest BCUT2D eigenvalue weighted by atomic mass is 32.1. The van der Waals surface area contributed by atoms with Crippen molar-refractivity contribution in [3.05, 3.63) is 91.0 Å². The van der Waals surface area contributed by atoms with Crippen LogP contribution in [0.2, 0.25) is 0 Å². The third-order valence-electron chi connectivity index (χ3n) is 5.80. The molecule has 3 heterocycles. The standard InChI is InChI=1S/C26H15N3S/c1-5-11-22-17(7-1)18-8-2-6-12-23(18)29(22)16-13-14-19-24(15-16)30-26-25(19)27-20-9-3-4-10-21(20)28-26/h1-15H. The molecular formula is C26H15N3S. The molecule has 0 amide bonds. The van der Waals surface area contributed by atoms with Gasteiger partial charge in [0.05, 0.1) is 22.1 Å². The maximum atomic E-state index is 4.90. The topological polar surface area (TPSA) is 30.7 Å². The summed E-state index contributed by atoms with van der Waals surface area (Å²) in [6, 6.07) is 31.9. The van der Waals surface area contributed by atoms with Crippen molar-refractivity contribution < 1.29 is 0 Å². The number of aromatic nitrogens is 3. The molecule has 0 aliphatic rings. The molecule has 4 heteroatoms. The van der Waals surface area contributed by atoms with E-state index in [9.17, 15) is 0 Å². The van der Waals surface area contributed by atoms with Gasteiger partial charge in [-0.1, -0.05) is 48.5 Å². The van der Waals surface area contributed by atoms with E-state index in [1.54, 1.807) is 11.3 Å². The van der Waals surface area contributed by atoms with Gasteiger partial charge >= 0.3 is 0 Å². The average molecular weight is 401 g/mol. The van der Waals surface area contributed by atoms with Gasteiger partial charge in [-0.2, -0.15) is 0 Å². The van der Waals surface area contributed by atoms with Gasteiger partial charge in [-0.05, 0) is 42.5 Å². The van der Waals surface area contributed by atoms with Crippen LogP contribution in [0.5, 0.6) is 0 Å². The summed E-state index contributed by atoms with van der Waals surface area (Å²) in [5.74, 6) is 0. The summed E-state index contributed by atoms with van der Waals surface area (Å²) in [4.78, 5) is 10.7. The van der Waals surface area contributed by atoms with E-state index in [4.69, 9.17) is 9.97 Å². The fraction of sp³-hybridized carbons (Fsp3) is 0. The van der Waals surface area contributed by atoms with Crippen LogP contribution >= 0.6 is 11.3 Å². The number of hydrogen-bond acceptors (Lipinski definition) is 3. The van der Waals surface area contributed by atoms with Crippen molar-refractivity contribution in [1.29, 1.82) is 0 Å². The molecule has 0 saturated carbocycles. The van der Waals surface area contributed by atoms with Crippen LogP contribution in [0.25, 0.3) is 59.0 Å². The van der Waals surface area contributed by atoms with Gasteiger partial charge in [0.1, 0.15) is 10.3 Å². The predicted octanol–water partition coefficient (Wildman–Crippen LogP) is 7.09. The number of thiophene rings is 1. The molecule has 0 radical (unpaired) electrons. The Labute approximate surface area is 175 Å². The lowest BCUT2D eigenvalue weighted by Gasteiger charge is -2.08. The third kappa shape index (κ3) is 2.14. The second-order valence-electron chi connectivity index (χ2n) is 7.52. The van der Waals surface area contributed by atoms with Crippen LogP contribution in [0, 0.1) is 0 Å². The van der Waals surface area contributed by atoms with Crippen LogP contribution in [0.1, 0.15) is 0 Å². The minimum Gasteiger partial charge on any atom is -0.309 e. The first-order valence-electron chi connectivity index (χ1n) is 9.94. The highest BCUT2D eigenvalue weighted by Gasteiger charge is 2.14. The van der Waals surface area contributed by atoms with Gasteiger partial charge in [0, 0.05) is 26.5 Å². The first-order valence-corrected chi connectivity index (χ1v) is 10.8. The van der Waals surface area contributed by atoms with E-state index in [2.05, 4.69) is 71.3 Å². The van der Waals surface area contributed by atoms with Crippen molar-refractivity contribution in [2.75, 3.05) is 0 Å². The maximum Gasteiger partial charge on any atom is 0.143 e. The Morgan fingerprint density at radius 2 is 1.23 bits per heavy atom. The third-order valence-corrected chi connectivity index (χ3v) is 6.84. The molecule has 3 nitrogen and oxygen atoms in total. The zero-order chi connectivity index (χ0) is 19.7. The van der Waals surface area contributed by atoms with Crippen LogP contribution < -0.4 is 0 Å². The molecule has 0 N–H and O–H groups in total. The molecule has 0 unspecified atom stereocenters. The Morgan fingerprint density at radius 3 is 1.97 bits per heavy atom. The molecule has 0 spiro atoms. The van der Waals surface area contributed by atoms with E-state index in [0.717, 1.165) is 32.5 Å². The van der Waals surface area contributed by atoms with Gasteiger partial charge in [0.25, 0.3) is 0 Å². The van der Waals surface area contributed by atoms with Crippen molar-refractivity contribution in [1.82, 2.24) is 14.5 Å². The number of rotatable bonds is 1. The van der Waals surface area contributed by atoms with E-state index in [0.29, 0.717) is 0 Å². The summed E-state index contributed by atoms with van der Waals surface area (Å²) in [6.45, 7) is 0. The molecule has 0 fully saturated rings. The largest absolute Gasteiger partial charge is 0.309 e. The molecule has 3 aromatic heterocycles. The van der Waals surface area contributed by atoms with E-state index in [-0.39, 0.29) is 0 Å². The van der Waals surface area contributed by atoms with Crippen LogP contribution in [-0.4, -0.2) is 14.5 Å². The molecule has 140 valence electrons. The van der Waals surface area contributed by atoms with Gasteiger partial charge in [-0.25, -0.2) is 9.97 Å². The SMILES string of the molecule is c1ccc2nc3c(nc2c1)sc1cc(-n2c4ccccc4c4ccccc42)ccc13. The molecule has 7 rings (SSSR count). The number of benzene rings is 4. The second kappa shape index (κ2) is 5.88. The Morgan fingerprint density at radius 1 is 0.600 bits per heavy atom. The van der Waals surface area contributed by atoms with E-state index in [1.165, 1.54) is 26.5 Å². The van der Waals surface area contributed by atoms with Crippen molar-refractivity contribution >= 4 is 64.6 Å². The Hall–Kier alpha value is -3.76. The van der Waals surface area contributed by atoms with Crippen molar-refractivity contribution in [2.24, 2.45) is 0 Å². The molecule has 30 heavy (non-hydrogen) atoms. The molecule has 0 atom stereocenters. The van der Waals surface area contributed by atoms with Gasteiger partial charge in [0.15, 0.2) is 0 Å². The van der Waals surface area contributed by atoms with Crippen LogP contribution in [-0.2, 0) is 0 Å². The summed E-state index contributed by atoms with van der Waals surface area (Å²) < 4.78 is 3.56. The number of hydrogen-bond donors (Lipinski definition) is 0. The lowest BCUT2D eigenvalue weighted by atomic mass is 10.2. The van der Waals surface area contributed by atoms with E-state index < -0.39 is 0 Å². The van der Waals surface area contributed by atoms with Gasteiger partial charge in [0.2, 0.25) is 0 Å². The summed E-state index contributed by atoms with van der Waals surface area (Å²) in [5, 5.41) is 3.72. The Bertz CT molecular complexity index is 1700. The Balaban J connectivity index is 1.55. The van der Waals surface area contributed by atoms with Gasteiger partial charge in [-0.3, -0.25) is 0 Å². The van der Waals surface area contributed by atoms with Gasteiger partial charge in [-0.15, -0.1) is 11.3 Å². The molecule has 0 aliphatic carbocycles. The fourth-order valence-electron chi connectivity index (χ4n) is 4.47. The monoisotopic (exact) mass is 401 g/mol. The van der Waals surface area contributed by atoms with Crippen molar-refractivity contribution in [2.45, 2.75) is 0 Å². The highest BCUT2D eigenvalue weighted by Crippen LogP contribution is 2.37. The van der Waals surface area contributed by atoms with Gasteiger partial charge < -0.3 is 4.57 Å². The summed E-state index contributed by atoms with van der Waals surface area (Å²) in [7, 11) is 0. The lowest BCUT2D eigenvalue weighted by molar-refractivity contribution is 1.19. The zero-order valence-corrected chi connectivity index (χ0v) is 16.7. The fourth-order valence-corrected chi connectivity index (χ4v) is 5.52. The number of para-hydroxylation sites is 4. The average Bonchev–Trinajstić information content (AvgIpc) is 3.32. The normalized spacial score (nSPS) is 12.0. The first kappa shape index (κ1) is 16.1. The minimum absolute atomic E-state index is 0.941. The Kier molecular flexibility index (Phi) is 3.15. The second-order valence-corrected chi connectivity index (χ2v) is 8.55. The van der Waals surface area contributed by atoms with Crippen LogP contribution in [0.4, 0.5) is 0 Å². The predicted molar refractivity (Wildman–Crippen MR) is 127 cm³/mol.